The summed E-state index contributed by atoms with van der Waals surface area (Å²) in [6, 6.07) is 29.3. The minimum atomic E-state index is -0.178. The summed E-state index contributed by atoms with van der Waals surface area (Å²) < 4.78 is 0. The second kappa shape index (κ2) is 7.86. The van der Waals surface area contributed by atoms with Crippen LogP contribution in [-0.2, 0) is 0 Å². The SMILES string of the molecule is Cc1c(Cl)ccc2c(C(=O)Nc3cccc4ccccc34)cc(-c3ccccc3)nc12. The van der Waals surface area contributed by atoms with Crippen LogP contribution in [0.25, 0.3) is 32.9 Å². The van der Waals surface area contributed by atoms with Crippen molar-refractivity contribution in [1.82, 2.24) is 4.98 Å². The van der Waals surface area contributed by atoms with Gasteiger partial charge in [-0.1, -0.05) is 84.4 Å². The fourth-order valence-corrected chi connectivity index (χ4v) is 4.03. The van der Waals surface area contributed by atoms with E-state index in [0.29, 0.717) is 10.6 Å². The molecule has 0 saturated heterocycles. The third kappa shape index (κ3) is 3.54. The molecule has 0 saturated carbocycles. The molecule has 0 radical (unpaired) electrons. The fourth-order valence-electron chi connectivity index (χ4n) is 3.87. The van der Waals surface area contributed by atoms with Crippen molar-refractivity contribution in [3.63, 3.8) is 0 Å². The smallest absolute Gasteiger partial charge is 0.256 e. The molecule has 0 aliphatic carbocycles. The van der Waals surface area contributed by atoms with E-state index in [0.717, 1.165) is 44.2 Å². The topological polar surface area (TPSA) is 42.0 Å². The zero-order valence-corrected chi connectivity index (χ0v) is 17.6. The Bertz CT molecular complexity index is 1440. The normalized spacial score (nSPS) is 11.0. The summed E-state index contributed by atoms with van der Waals surface area (Å²) in [5.74, 6) is -0.178. The number of amides is 1. The predicted octanol–water partition coefficient (Wildman–Crippen LogP) is 7.27. The zero-order valence-electron chi connectivity index (χ0n) is 16.9. The quantitative estimate of drug-likeness (QED) is 0.332. The van der Waals surface area contributed by atoms with Gasteiger partial charge in [0.1, 0.15) is 0 Å². The van der Waals surface area contributed by atoms with Crippen molar-refractivity contribution in [2.45, 2.75) is 6.92 Å². The van der Waals surface area contributed by atoms with Gasteiger partial charge in [-0.3, -0.25) is 4.79 Å². The van der Waals surface area contributed by atoms with Gasteiger partial charge in [0, 0.05) is 27.0 Å². The Hall–Kier alpha value is -3.69. The number of carbonyl (C=O) groups excluding carboxylic acids is 1. The molecule has 1 N–H and O–H groups in total. The van der Waals surface area contributed by atoms with Gasteiger partial charge in [-0.15, -0.1) is 0 Å². The Kier molecular flexibility index (Phi) is 4.89. The van der Waals surface area contributed by atoms with Crippen LogP contribution in [0.4, 0.5) is 5.69 Å². The number of nitrogens with zero attached hydrogens (tertiary/aromatic N) is 1. The minimum absolute atomic E-state index is 0.178. The summed E-state index contributed by atoms with van der Waals surface area (Å²) in [5, 5.41) is 6.59. The van der Waals surface area contributed by atoms with Crippen LogP contribution in [0.3, 0.4) is 0 Å². The van der Waals surface area contributed by atoms with E-state index in [1.807, 2.05) is 97.9 Å². The van der Waals surface area contributed by atoms with E-state index in [-0.39, 0.29) is 5.91 Å². The molecule has 0 unspecified atom stereocenters. The van der Waals surface area contributed by atoms with Crippen molar-refractivity contribution in [3.05, 3.63) is 107 Å². The number of aryl methyl sites for hydroxylation is 1. The number of nitrogens with one attached hydrogen (secondary N) is 1. The van der Waals surface area contributed by atoms with E-state index in [1.54, 1.807) is 0 Å². The van der Waals surface area contributed by atoms with Gasteiger partial charge in [-0.25, -0.2) is 4.98 Å². The highest BCUT2D eigenvalue weighted by atomic mass is 35.5. The number of aromatic nitrogens is 1. The molecule has 3 nitrogen and oxygen atoms in total. The maximum absolute atomic E-state index is 13.5. The number of pyridine rings is 1. The molecule has 5 rings (SSSR count). The lowest BCUT2D eigenvalue weighted by Gasteiger charge is -2.14. The van der Waals surface area contributed by atoms with E-state index in [4.69, 9.17) is 16.6 Å². The van der Waals surface area contributed by atoms with Gasteiger partial charge in [0.25, 0.3) is 5.91 Å². The molecule has 31 heavy (non-hydrogen) atoms. The molecule has 0 atom stereocenters. The summed E-state index contributed by atoms with van der Waals surface area (Å²) in [6.45, 7) is 1.93. The predicted molar refractivity (Wildman–Crippen MR) is 129 cm³/mol. The molecular formula is C27H19ClN2O. The number of anilines is 1. The summed E-state index contributed by atoms with van der Waals surface area (Å²) in [4.78, 5) is 18.3. The molecule has 0 bridgehead atoms. The number of hydrogen-bond acceptors (Lipinski definition) is 2. The number of fused-ring (bicyclic) bond motifs is 2. The zero-order chi connectivity index (χ0) is 21.4. The highest BCUT2D eigenvalue weighted by molar-refractivity contribution is 6.32. The minimum Gasteiger partial charge on any atom is -0.321 e. The lowest BCUT2D eigenvalue weighted by molar-refractivity contribution is 0.102. The third-order valence-corrected chi connectivity index (χ3v) is 5.93. The number of halogens is 1. The van der Waals surface area contributed by atoms with Gasteiger partial charge in [-0.2, -0.15) is 0 Å². The standard InChI is InChI=1S/C27H19ClN2O/c1-17-23(28)15-14-21-22(16-25(29-26(17)21)19-9-3-2-4-10-19)27(31)30-24-13-7-11-18-8-5-6-12-20(18)24/h2-16H,1H3,(H,30,31). The Morgan fingerprint density at radius 3 is 2.42 bits per heavy atom. The van der Waals surface area contributed by atoms with E-state index < -0.39 is 0 Å². The first-order chi connectivity index (χ1) is 15.1. The van der Waals surface area contributed by atoms with Crippen LogP contribution in [0.1, 0.15) is 15.9 Å². The van der Waals surface area contributed by atoms with Gasteiger partial charge in [0.05, 0.1) is 16.8 Å². The van der Waals surface area contributed by atoms with Crippen LogP contribution in [-0.4, -0.2) is 10.9 Å². The van der Waals surface area contributed by atoms with E-state index in [1.165, 1.54) is 0 Å². The van der Waals surface area contributed by atoms with Crippen molar-refractivity contribution >= 4 is 44.9 Å². The number of rotatable bonds is 3. The second-order valence-corrected chi connectivity index (χ2v) is 7.88. The maximum Gasteiger partial charge on any atom is 0.256 e. The van der Waals surface area contributed by atoms with Crippen LogP contribution >= 0.6 is 11.6 Å². The highest BCUT2D eigenvalue weighted by Crippen LogP contribution is 2.31. The first kappa shape index (κ1) is 19.3. The van der Waals surface area contributed by atoms with Crippen molar-refractivity contribution < 1.29 is 4.79 Å². The molecule has 4 heteroatoms. The average molecular weight is 423 g/mol. The summed E-state index contributed by atoms with van der Waals surface area (Å²) in [6.07, 6.45) is 0. The van der Waals surface area contributed by atoms with Crippen molar-refractivity contribution in [2.24, 2.45) is 0 Å². The van der Waals surface area contributed by atoms with Crippen LogP contribution in [0.2, 0.25) is 5.02 Å². The van der Waals surface area contributed by atoms with Crippen LogP contribution in [0.5, 0.6) is 0 Å². The number of benzene rings is 4. The first-order valence-corrected chi connectivity index (χ1v) is 10.4. The van der Waals surface area contributed by atoms with E-state index >= 15 is 0 Å². The molecule has 4 aromatic carbocycles. The molecule has 5 aromatic rings. The maximum atomic E-state index is 13.5. The lowest BCUT2D eigenvalue weighted by atomic mass is 10.0. The average Bonchev–Trinajstić information content (AvgIpc) is 2.81. The molecule has 0 spiro atoms. The monoisotopic (exact) mass is 422 g/mol. The first-order valence-electron chi connectivity index (χ1n) is 10.1. The highest BCUT2D eigenvalue weighted by Gasteiger charge is 2.17. The Morgan fingerprint density at radius 2 is 1.58 bits per heavy atom. The number of hydrogen-bond donors (Lipinski definition) is 1. The van der Waals surface area contributed by atoms with E-state index in [2.05, 4.69) is 5.32 Å². The van der Waals surface area contributed by atoms with Gasteiger partial charge in [0.2, 0.25) is 0 Å². The van der Waals surface area contributed by atoms with Gasteiger partial charge < -0.3 is 5.32 Å². The molecule has 1 heterocycles. The molecular weight excluding hydrogens is 404 g/mol. The Balaban J connectivity index is 1.67. The van der Waals surface area contributed by atoms with Gasteiger partial charge >= 0.3 is 0 Å². The Labute approximate surface area is 185 Å². The summed E-state index contributed by atoms with van der Waals surface area (Å²) in [5.41, 5.74) is 4.62. The van der Waals surface area contributed by atoms with Crippen LogP contribution in [0, 0.1) is 6.92 Å². The fraction of sp³-hybridized carbons (Fsp3) is 0.0370. The molecule has 0 fully saturated rings. The van der Waals surface area contributed by atoms with Gasteiger partial charge in [-0.05, 0) is 36.1 Å². The molecule has 150 valence electrons. The van der Waals surface area contributed by atoms with E-state index in [9.17, 15) is 4.79 Å². The molecule has 1 aromatic heterocycles. The van der Waals surface area contributed by atoms with Crippen molar-refractivity contribution in [3.8, 4) is 11.3 Å². The second-order valence-electron chi connectivity index (χ2n) is 7.47. The van der Waals surface area contributed by atoms with Crippen LogP contribution < -0.4 is 5.32 Å². The summed E-state index contributed by atoms with van der Waals surface area (Å²) in [7, 11) is 0. The Morgan fingerprint density at radius 1 is 0.839 bits per heavy atom. The molecule has 0 aliphatic heterocycles. The third-order valence-electron chi connectivity index (χ3n) is 5.52. The number of carbonyl (C=O) groups is 1. The van der Waals surface area contributed by atoms with Crippen molar-refractivity contribution in [2.75, 3.05) is 5.32 Å². The summed E-state index contributed by atoms with van der Waals surface area (Å²) >= 11 is 6.37. The van der Waals surface area contributed by atoms with Crippen LogP contribution in [0.15, 0.2) is 91.0 Å². The molecule has 1 amide bonds. The van der Waals surface area contributed by atoms with Crippen molar-refractivity contribution in [1.29, 1.82) is 0 Å². The van der Waals surface area contributed by atoms with Gasteiger partial charge in [0.15, 0.2) is 0 Å². The lowest BCUT2D eigenvalue weighted by Crippen LogP contribution is -2.13. The molecule has 0 aliphatic rings. The largest absolute Gasteiger partial charge is 0.321 e.